The largest absolute Gasteiger partial charge is 0.452 e. The molecule has 0 saturated carbocycles. The number of rotatable bonds is 3. The highest BCUT2D eigenvalue weighted by molar-refractivity contribution is 5.78. The molecule has 69 valence electrons. The predicted octanol–water partition coefficient (Wildman–Crippen LogP) is 1.82. The zero-order valence-corrected chi connectivity index (χ0v) is 7.43. The number of fused-ring (bicyclic) bond motifs is 1. The molecular weight excluding hydrogens is 178 g/mol. The summed E-state index contributed by atoms with van der Waals surface area (Å²) >= 11 is 0. The summed E-state index contributed by atoms with van der Waals surface area (Å²) in [5.74, 6) is 0. The van der Waals surface area contributed by atoms with Crippen molar-refractivity contribution < 1.29 is 9.53 Å². The molecule has 14 heavy (non-hydrogen) atoms. The monoisotopic (exact) mass is 186 g/mol. The van der Waals surface area contributed by atoms with Crippen LogP contribution in [0.4, 0.5) is 0 Å². The van der Waals surface area contributed by atoms with Crippen molar-refractivity contribution >= 4 is 17.4 Å². The van der Waals surface area contributed by atoms with E-state index in [-0.39, 0.29) is 6.61 Å². The number of nitrogens with zero attached hydrogens (tertiary/aromatic N) is 1. The van der Waals surface area contributed by atoms with Gasteiger partial charge in [-0.05, 0) is 23.8 Å². The van der Waals surface area contributed by atoms with Gasteiger partial charge in [-0.15, -0.1) is 0 Å². The summed E-state index contributed by atoms with van der Waals surface area (Å²) in [6, 6.07) is 9.57. The number of hydrogen-bond acceptors (Lipinski definition) is 3. The molecule has 0 aliphatic rings. The van der Waals surface area contributed by atoms with Gasteiger partial charge in [-0.2, -0.15) is 0 Å². The third kappa shape index (κ3) is 1.71. The van der Waals surface area contributed by atoms with Crippen LogP contribution in [0.15, 0.2) is 36.5 Å². The Morgan fingerprint density at radius 1 is 1.36 bits per heavy atom. The van der Waals surface area contributed by atoms with Crippen LogP contribution >= 0.6 is 0 Å². The fraction of sp³-hybridized carbons (Fsp3) is 0.0909. The van der Waals surface area contributed by atoms with Gasteiger partial charge in [0, 0.05) is 11.6 Å². The van der Waals surface area contributed by atoms with Crippen molar-refractivity contribution in [2.45, 2.75) is 6.61 Å². The number of pyridine rings is 1. The van der Waals surface area contributed by atoms with Crippen molar-refractivity contribution in [3.05, 3.63) is 42.1 Å². The van der Waals surface area contributed by atoms with Gasteiger partial charge in [0.2, 0.25) is 0 Å². The van der Waals surface area contributed by atoms with Crippen molar-refractivity contribution in [3.8, 4) is 0 Å². The van der Waals surface area contributed by atoms with Gasteiger partial charge in [0.15, 0.2) is 0 Å². The maximum Gasteiger partial charge on any atom is 0.417 e. The lowest BCUT2D eigenvalue weighted by atomic mass is 10.1. The Morgan fingerprint density at radius 2 is 2.29 bits per heavy atom. The molecule has 0 atom stereocenters. The highest BCUT2D eigenvalue weighted by Crippen LogP contribution is 2.13. The minimum Gasteiger partial charge on any atom is -0.452 e. The first kappa shape index (κ1) is 8.69. The minimum absolute atomic E-state index is 0.258. The Labute approximate surface area is 81.3 Å². The standard InChI is InChI=1S/C11H8NO2/c13-8-14-7-9-3-4-11-10(6-9)2-1-5-12-11/h1-6H,7H2. The van der Waals surface area contributed by atoms with Crippen molar-refractivity contribution in [1.82, 2.24) is 4.98 Å². The fourth-order valence-corrected chi connectivity index (χ4v) is 1.33. The number of carbonyl (C=O) groups excluding carboxylic acids is 1. The van der Waals surface area contributed by atoms with Gasteiger partial charge >= 0.3 is 6.47 Å². The second-order valence-corrected chi connectivity index (χ2v) is 2.90. The molecule has 1 aromatic carbocycles. The van der Waals surface area contributed by atoms with Crippen LogP contribution in [0.5, 0.6) is 0 Å². The Morgan fingerprint density at radius 3 is 3.14 bits per heavy atom. The molecule has 3 nitrogen and oxygen atoms in total. The number of ether oxygens (including phenoxy) is 1. The van der Waals surface area contributed by atoms with Gasteiger partial charge in [0.05, 0.1) is 5.52 Å². The molecule has 0 bridgehead atoms. The van der Waals surface area contributed by atoms with Crippen LogP contribution in [0.1, 0.15) is 5.56 Å². The lowest BCUT2D eigenvalue weighted by Crippen LogP contribution is -1.90. The van der Waals surface area contributed by atoms with E-state index >= 15 is 0 Å². The Kier molecular flexibility index (Phi) is 2.40. The average molecular weight is 186 g/mol. The van der Waals surface area contributed by atoms with E-state index in [0.717, 1.165) is 16.5 Å². The number of hydrogen-bond donors (Lipinski definition) is 0. The molecule has 0 aliphatic heterocycles. The third-order valence-electron chi connectivity index (χ3n) is 1.97. The third-order valence-corrected chi connectivity index (χ3v) is 1.97. The van der Waals surface area contributed by atoms with Gasteiger partial charge in [-0.1, -0.05) is 12.1 Å². The van der Waals surface area contributed by atoms with Gasteiger partial charge in [0.1, 0.15) is 6.61 Å². The SMILES string of the molecule is O=[C]OCc1ccc2ncccc2c1. The van der Waals surface area contributed by atoms with E-state index in [1.54, 1.807) is 6.20 Å². The molecule has 0 fully saturated rings. The summed E-state index contributed by atoms with van der Waals surface area (Å²) < 4.78 is 4.54. The van der Waals surface area contributed by atoms with Crippen LogP contribution in [-0.4, -0.2) is 11.5 Å². The summed E-state index contributed by atoms with van der Waals surface area (Å²) in [7, 11) is 0. The maximum absolute atomic E-state index is 9.88. The molecule has 0 unspecified atom stereocenters. The number of aromatic nitrogens is 1. The first-order chi connectivity index (χ1) is 6.90. The van der Waals surface area contributed by atoms with Crippen LogP contribution in [0.25, 0.3) is 10.9 Å². The van der Waals surface area contributed by atoms with E-state index < -0.39 is 0 Å². The van der Waals surface area contributed by atoms with Crippen molar-refractivity contribution in [2.75, 3.05) is 0 Å². The molecule has 1 heterocycles. The molecule has 0 amide bonds. The van der Waals surface area contributed by atoms with E-state index in [2.05, 4.69) is 9.72 Å². The lowest BCUT2D eigenvalue weighted by Gasteiger charge is -2.00. The molecule has 2 rings (SSSR count). The summed E-state index contributed by atoms with van der Waals surface area (Å²) in [6.07, 6.45) is 1.75. The first-order valence-electron chi connectivity index (χ1n) is 4.23. The Bertz CT molecular complexity index is 454. The smallest absolute Gasteiger partial charge is 0.417 e. The average Bonchev–Trinajstić information content (AvgIpc) is 2.26. The lowest BCUT2D eigenvalue weighted by molar-refractivity contribution is 0.267. The zero-order valence-electron chi connectivity index (χ0n) is 7.43. The second-order valence-electron chi connectivity index (χ2n) is 2.90. The zero-order chi connectivity index (χ0) is 9.80. The predicted molar refractivity (Wildman–Crippen MR) is 52.2 cm³/mol. The molecule has 1 radical (unpaired) electrons. The highest BCUT2D eigenvalue weighted by atomic mass is 16.5. The summed E-state index contributed by atoms with van der Waals surface area (Å²) in [4.78, 5) is 14.1. The quantitative estimate of drug-likeness (QED) is 0.733. The summed E-state index contributed by atoms with van der Waals surface area (Å²) in [5.41, 5.74) is 1.88. The van der Waals surface area contributed by atoms with Gasteiger partial charge in [-0.25, -0.2) is 4.79 Å². The molecule has 0 N–H and O–H groups in total. The molecule has 3 heteroatoms. The highest BCUT2D eigenvalue weighted by Gasteiger charge is 1.96. The van der Waals surface area contributed by atoms with E-state index in [9.17, 15) is 4.79 Å². The first-order valence-corrected chi connectivity index (χ1v) is 4.23. The summed E-state index contributed by atoms with van der Waals surface area (Å²) in [5, 5.41) is 1.04. The van der Waals surface area contributed by atoms with E-state index in [4.69, 9.17) is 0 Å². The van der Waals surface area contributed by atoms with Gasteiger partial charge < -0.3 is 4.74 Å². The Hall–Kier alpha value is -1.90. The van der Waals surface area contributed by atoms with E-state index in [0.29, 0.717) is 0 Å². The second kappa shape index (κ2) is 3.87. The summed E-state index contributed by atoms with van der Waals surface area (Å²) in [6.45, 7) is 1.66. The van der Waals surface area contributed by atoms with Crippen LogP contribution in [0, 0.1) is 0 Å². The Balaban J connectivity index is 2.36. The van der Waals surface area contributed by atoms with Crippen molar-refractivity contribution in [1.29, 1.82) is 0 Å². The van der Waals surface area contributed by atoms with E-state index in [1.807, 2.05) is 30.3 Å². The van der Waals surface area contributed by atoms with Crippen LogP contribution in [0.3, 0.4) is 0 Å². The minimum atomic E-state index is 0.258. The van der Waals surface area contributed by atoms with Gasteiger partial charge in [-0.3, -0.25) is 4.98 Å². The molecule has 0 saturated heterocycles. The van der Waals surface area contributed by atoms with Crippen molar-refractivity contribution in [2.24, 2.45) is 0 Å². The molecule has 0 spiro atoms. The normalized spacial score (nSPS) is 10.0. The van der Waals surface area contributed by atoms with Gasteiger partial charge in [0.25, 0.3) is 0 Å². The number of benzene rings is 1. The van der Waals surface area contributed by atoms with Crippen LogP contribution in [0.2, 0.25) is 0 Å². The topological polar surface area (TPSA) is 39.2 Å². The maximum atomic E-state index is 9.88. The van der Waals surface area contributed by atoms with Crippen LogP contribution in [-0.2, 0) is 16.1 Å². The van der Waals surface area contributed by atoms with E-state index in [1.165, 1.54) is 6.47 Å². The van der Waals surface area contributed by atoms with Crippen molar-refractivity contribution in [3.63, 3.8) is 0 Å². The van der Waals surface area contributed by atoms with Crippen LogP contribution < -0.4 is 0 Å². The molecule has 2 aromatic rings. The molecular formula is C11H8NO2. The molecule has 0 aliphatic carbocycles. The molecule has 1 aromatic heterocycles. The fourth-order valence-electron chi connectivity index (χ4n) is 1.33.